The quantitative estimate of drug-likeness (QED) is 0.642. The lowest BCUT2D eigenvalue weighted by molar-refractivity contribution is -0.122. The van der Waals surface area contributed by atoms with Crippen molar-refractivity contribution in [3.05, 3.63) is 60.2 Å². The van der Waals surface area contributed by atoms with E-state index in [9.17, 15) is 13.2 Å². The number of sulfonamides is 1. The molecule has 0 aliphatic heterocycles. The molecule has 2 aromatic carbocycles. The largest absolute Gasteiger partial charge is 0.497 e. The third-order valence-corrected chi connectivity index (χ3v) is 5.93. The van der Waals surface area contributed by atoms with Crippen LogP contribution < -0.4 is 14.4 Å². The Balaban J connectivity index is 2.12. The van der Waals surface area contributed by atoms with Crippen LogP contribution >= 0.6 is 0 Å². The van der Waals surface area contributed by atoms with E-state index in [0.717, 1.165) is 19.1 Å². The molecule has 2 aromatic rings. The van der Waals surface area contributed by atoms with Crippen LogP contribution in [0, 0.1) is 0 Å². The predicted molar refractivity (Wildman–Crippen MR) is 117 cm³/mol. The molecule has 0 spiro atoms. The fourth-order valence-electron chi connectivity index (χ4n) is 3.23. The fourth-order valence-corrected chi connectivity index (χ4v) is 4.44. The fraction of sp³-hybridized carbons (Fsp3) is 0.409. The van der Waals surface area contributed by atoms with Gasteiger partial charge in [-0.2, -0.15) is 0 Å². The maximum atomic E-state index is 12.9. The average molecular weight is 419 g/mol. The highest BCUT2D eigenvalue weighted by atomic mass is 32.2. The second kappa shape index (κ2) is 10.3. The van der Waals surface area contributed by atoms with Gasteiger partial charge in [0.1, 0.15) is 11.8 Å². The molecule has 0 saturated carbocycles. The monoisotopic (exact) mass is 418 g/mol. The van der Waals surface area contributed by atoms with Gasteiger partial charge in [0.15, 0.2) is 0 Å². The summed E-state index contributed by atoms with van der Waals surface area (Å²) >= 11 is 0. The number of aryl methyl sites for hydroxylation is 1. The minimum absolute atomic E-state index is 0.0750. The summed E-state index contributed by atoms with van der Waals surface area (Å²) in [5, 5.41) is 2.98. The average Bonchev–Trinajstić information content (AvgIpc) is 2.70. The van der Waals surface area contributed by atoms with E-state index >= 15 is 0 Å². The zero-order chi connectivity index (χ0) is 21.4. The summed E-state index contributed by atoms with van der Waals surface area (Å²) < 4.78 is 31.3. The second-order valence-corrected chi connectivity index (χ2v) is 8.97. The number of ether oxygens (including phenoxy) is 1. The molecule has 0 bridgehead atoms. The third kappa shape index (κ3) is 6.49. The molecule has 0 unspecified atom stereocenters. The van der Waals surface area contributed by atoms with Gasteiger partial charge in [-0.25, -0.2) is 8.42 Å². The number of nitrogens with one attached hydrogen (secondary N) is 1. The highest BCUT2D eigenvalue weighted by Crippen LogP contribution is 2.25. The van der Waals surface area contributed by atoms with Crippen LogP contribution in [0.4, 0.5) is 5.69 Å². The number of carbonyl (C=O) groups is 1. The molecule has 1 amide bonds. The Bertz CT molecular complexity index is 883. The maximum absolute atomic E-state index is 12.9. The summed E-state index contributed by atoms with van der Waals surface area (Å²) in [5.74, 6) is 0.323. The van der Waals surface area contributed by atoms with Crippen molar-refractivity contribution in [3.8, 4) is 5.75 Å². The van der Waals surface area contributed by atoms with Crippen molar-refractivity contribution in [2.45, 2.75) is 45.2 Å². The van der Waals surface area contributed by atoms with Crippen LogP contribution in [0.3, 0.4) is 0 Å². The molecule has 7 heteroatoms. The highest BCUT2D eigenvalue weighted by Gasteiger charge is 2.32. The Hall–Kier alpha value is -2.54. The van der Waals surface area contributed by atoms with Crippen LogP contribution in [0.25, 0.3) is 0 Å². The van der Waals surface area contributed by atoms with Crippen molar-refractivity contribution in [3.63, 3.8) is 0 Å². The Morgan fingerprint density at radius 1 is 1.10 bits per heavy atom. The number of amides is 1. The molecule has 0 aromatic heterocycles. The molecule has 29 heavy (non-hydrogen) atoms. The second-order valence-electron chi connectivity index (χ2n) is 7.11. The van der Waals surface area contributed by atoms with Gasteiger partial charge >= 0.3 is 0 Å². The van der Waals surface area contributed by atoms with E-state index in [4.69, 9.17) is 4.74 Å². The number of hydrogen-bond acceptors (Lipinski definition) is 4. The number of rotatable bonds is 10. The molecular weight excluding hydrogens is 388 g/mol. The van der Waals surface area contributed by atoms with Gasteiger partial charge in [0.2, 0.25) is 15.9 Å². The minimum Gasteiger partial charge on any atom is -0.497 e. The first-order chi connectivity index (χ1) is 13.8. The summed E-state index contributed by atoms with van der Waals surface area (Å²) in [7, 11) is -2.11. The Labute approximate surface area is 173 Å². The molecule has 0 saturated heterocycles. The summed E-state index contributed by atoms with van der Waals surface area (Å²) in [5.41, 5.74) is 1.64. The number of hydrogen-bond donors (Lipinski definition) is 1. The zero-order valence-corrected chi connectivity index (χ0v) is 18.3. The van der Waals surface area contributed by atoms with Crippen LogP contribution in [0.1, 0.15) is 32.3 Å². The molecule has 0 radical (unpaired) electrons. The van der Waals surface area contributed by atoms with E-state index in [1.807, 2.05) is 25.1 Å². The zero-order valence-electron chi connectivity index (χ0n) is 17.5. The van der Waals surface area contributed by atoms with Crippen LogP contribution in [-0.2, 0) is 21.2 Å². The molecule has 0 aliphatic rings. The Kier molecular flexibility index (Phi) is 8.08. The number of methoxy groups -OCH3 is 1. The number of nitrogens with zero attached hydrogens (tertiary/aromatic N) is 1. The summed E-state index contributed by atoms with van der Waals surface area (Å²) in [6, 6.07) is 15.8. The first kappa shape index (κ1) is 22.7. The Morgan fingerprint density at radius 2 is 1.72 bits per heavy atom. The molecule has 2 rings (SSSR count). The molecular formula is C22H30N2O4S. The summed E-state index contributed by atoms with van der Waals surface area (Å²) in [6.07, 6.45) is 3.09. The van der Waals surface area contributed by atoms with Crippen LogP contribution in [-0.4, -0.2) is 39.8 Å². The van der Waals surface area contributed by atoms with Gasteiger partial charge in [-0.3, -0.25) is 9.10 Å². The van der Waals surface area contributed by atoms with E-state index in [2.05, 4.69) is 17.4 Å². The van der Waals surface area contributed by atoms with Gasteiger partial charge < -0.3 is 10.1 Å². The molecule has 0 heterocycles. The van der Waals surface area contributed by atoms with Crippen LogP contribution in [0.5, 0.6) is 5.75 Å². The van der Waals surface area contributed by atoms with E-state index < -0.39 is 16.1 Å². The van der Waals surface area contributed by atoms with Gasteiger partial charge in [0.05, 0.1) is 19.1 Å². The first-order valence-corrected chi connectivity index (χ1v) is 11.6. The van der Waals surface area contributed by atoms with E-state index in [1.165, 1.54) is 9.87 Å². The minimum atomic E-state index is -3.65. The van der Waals surface area contributed by atoms with Gasteiger partial charge in [0, 0.05) is 6.04 Å². The predicted octanol–water partition coefficient (Wildman–Crippen LogP) is 3.38. The van der Waals surface area contributed by atoms with Crippen molar-refractivity contribution >= 4 is 21.6 Å². The van der Waals surface area contributed by atoms with Gasteiger partial charge in [-0.05, 0) is 56.0 Å². The third-order valence-electron chi connectivity index (χ3n) is 4.75. The summed E-state index contributed by atoms with van der Waals surface area (Å²) in [6.45, 7) is 3.74. The number of carbonyl (C=O) groups excluding carboxylic acids is 1. The molecule has 6 nitrogen and oxygen atoms in total. The smallest absolute Gasteiger partial charge is 0.244 e. The lowest BCUT2D eigenvalue weighted by Crippen LogP contribution is -2.51. The van der Waals surface area contributed by atoms with Gasteiger partial charge in [-0.1, -0.05) is 37.3 Å². The van der Waals surface area contributed by atoms with Crippen LogP contribution in [0.15, 0.2) is 54.6 Å². The first-order valence-electron chi connectivity index (χ1n) is 9.74. The molecule has 0 fully saturated rings. The van der Waals surface area contributed by atoms with Crippen molar-refractivity contribution < 1.29 is 17.9 Å². The highest BCUT2D eigenvalue weighted by molar-refractivity contribution is 7.92. The van der Waals surface area contributed by atoms with Crippen molar-refractivity contribution in [2.75, 3.05) is 17.7 Å². The molecule has 1 N–H and O–H groups in total. The Morgan fingerprint density at radius 3 is 2.24 bits per heavy atom. The SMILES string of the molecule is CC[C@@H](C(=O)N[C@@H](C)CCc1ccccc1)N(c1ccc(OC)cc1)S(C)(=O)=O. The lowest BCUT2D eigenvalue weighted by Gasteiger charge is -2.31. The van der Waals surface area contributed by atoms with E-state index in [1.54, 1.807) is 38.3 Å². The molecule has 2 atom stereocenters. The van der Waals surface area contributed by atoms with Crippen molar-refractivity contribution in [1.82, 2.24) is 5.32 Å². The molecule has 158 valence electrons. The normalized spacial score (nSPS) is 13.4. The van der Waals surface area contributed by atoms with E-state index in [-0.39, 0.29) is 11.9 Å². The topological polar surface area (TPSA) is 75.7 Å². The van der Waals surface area contributed by atoms with Crippen LogP contribution in [0.2, 0.25) is 0 Å². The van der Waals surface area contributed by atoms with Crippen molar-refractivity contribution in [1.29, 1.82) is 0 Å². The van der Waals surface area contributed by atoms with Gasteiger partial charge in [0.25, 0.3) is 0 Å². The van der Waals surface area contributed by atoms with Crippen molar-refractivity contribution in [2.24, 2.45) is 0 Å². The lowest BCUT2D eigenvalue weighted by atomic mass is 10.1. The number of benzene rings is 2. The standard InChI is InChI=1S/C22H30N2O4S/c1-5-21(22(25)23-17(2)11-12-18-9-7-6-8-10-18)24(29(4,26)27)19-13-15-20(28-3)16-14-19/h6-10,13-17,21H,5,11-12H2,1-4H3,(H,23,25)/t17-,21-/m0/s1. The summed E-state index contributed by atoms with van der Waals surface area (Å²) in [4.78, 5) is 12.9. The van der Waals surface area contributed by atoms with Gasteiger partial charge in [-0.15, -0.1) is 0 Å². The molecule has 0 aliphatic carbocycles. The maximum Gasteiger partial charge on any atom is 0.244 e. The number of anilines is 1. The van der Waals surface area contributed by atoms with E-state index in [0.29, 0.717) is 17.9 Å².